The van der Waals surface area contributed by atoms with E-state index >= 15 is 0 Å². The number of thioether (sulfide) groups is 1. The first-order valence-electron chi connectivity index (χ1n) is 7.49. The third kappa shape index (κ3) is 4.56. The highest BCUT2D eigenvalue weighted by atomic mass is 32.2. The number of nitrogens with zero attached hydrogens (tertiary/aromatic N) is 3. The lowest BCUT2D eigenvalue weighted by atomic mass is 10.1. The number of hydrogen-bond donors (Lipinski definition) is 1. The van der Waals surface area contributed by atoms with E-state index < -0.39 is 0 Å². The highest BCUT2D eigenvalue weighted by Crippen LogP contribution is 2.22. The van der Waals surface area contributed by atoms with Crippen molar-refractivity contribution in [3.8, 4) is 0 Å². The molecule has 0 amide bonds. The SMILES string of the molecule is CCC(N)c1nnc(SCC(=O)OC)n1Cc1ccc(C)cc1. The zero-order valence-corrected chi connectivity index (χ0v) is 14.5. The van der Waals surface area contributed by atoms with E-state index in [1.54, 1.807) is 0 Å². The third-order valence-corrected chi connectivity index (χ3v) is 4.47. The summed E-state index contributed by atoms with van der Waals surface area (Å²) in [5.74, 6) is 0.644. The number of methoxy groups -OCH3 is 1. The lowest BCUT2D eigenvalue weighted by Crippen LogP contribution is -2.17. The van der Waals surface area contributed by atoms with Crippen molar-refractivity contribution in [3.63, 3.8) is 0 Å². The van der Waals surface area contributed by atoms with Crippen LogP contribution >= 0.6 is 11.8 Å². The van der Waals surface area contributed by atoms with Crippen LogP contribution in [0.5, 0.6) is 0 Å². The molecule has 0 aliphatic heterocycles. The van der Waals surface area contributed by atoms with Gasteiger partial charge in [0.05, 0.1) is 25.4 Å². The van der Waals surface area contributed by atoms with E-state index in [1.165, 1.54) is 24.4 Å². The van der Waals surface area contributed by atoms with Gasteiger partial charge in [-0.3, -0.25) is 4.79 Å². The monoisotopic (exact) mass is 334 g/mol. The van der Waals surface area contributed by atoms with E-state index in [0.29, 0.717) is 11.7 Å². The highest BCUT2D eigenvalue weighted by molar-refractivity contribution is 7.99. The Hall–Kier alpha value is -1.86. The van der Waals surface area contributed by atoms with Gasteiger partial charge in [-0.1, -0.05) is 48.5 Å². The van der Waals surface area contributed by atoms with Crippen molar-refractivity contribution in [1.82, 2.24) is 14.8 Å². The van der Waals surface area contributed by atoms with Gasteiger partial charge in [0.25, 0.3) is 0 Å². The maximum atomic E-state index is 11.4. The molecule has 23 heavy (non-hydrogen) atoms. The van der Waals surface area contributed by atoms with Crippen molar-refractivity contribution >= 4 is 17.7 Å². The summed E-state index contributed by atoms with van der Waals surface area (Å²) in [6.45, 7) is 4.69. The molecule has 2 N–H and O–H groups in total. The quantitative estimate of drug-likeness (QED) is 0.618. The fraction of sp³-hybridized carbons (Fsp3) is 0.438. The molecule has 0 bridgehead atoms. The average molecular weight is 334 g/mol. The van der Waals surface area contributed by atoms with Crippen LogP contribution in [-0.4, -0.2) is 33.6 Å². The van der Waals surface area contributed by atoms with Crippen LogP contribution in [0.1, 0.15) is 36.3 Å². The predicted molar refractivity (Wildman–Crippen MR) is 90.3 cm³/mol. The van der Waals surface area contributed by atoms with Crippen LogP contribution in [0, 0.1) is 6.92 Å². The van der Waals surface area contributed by atoms with Crippen LogP contribution in [0.25, 0.3) is 0 Å². The number of nitrogens with two attached hydrogens (primary N) is 1. The molecular formula is C16H22N4O2S. The van der Waals surface area contributed by atoms with Crippen LogP contribution in [-0.2, 0) is 16.1 Å². The molecule has 0 radical (unpaired) electrons. The van der Waals surface area contributed by atoms with Crippen molar-refractivity contribution in [3.05, 3.63) is 41.2 Å². The number of rotatable bonds is 7. The van der Waals surface area contributed by atoms with Crippen molar-refractivity contribution in [1.29, 1.82) is 0 Å². The summed E-state index contributed by atoms with van der Waals surface area (Å²) in [5.41, 5.74) is 8.49. The maximum absolute atomic E-state index is 11.4. The molecule has 1 atom stereocenters. The first-order chi connectivity index (χ1) is 11.0. The minimum atomic E-state index is -0.291. The lowest BCUT2D eigenvalue weighted by Gasteiger charge is -2.13. The Labute approximate surface area is 140 Å². The molecule has 7 heteroatoms. The van der Waals surface area contributed by atoms with Crippen molar-refractivity contribution in [2.75, 3.05) is 12.9 Å². The van der Waals surface area contributed by atoms with Gasteiger partial charge in [-0.15, -0.1) is 10.2 Å². The zero-order valence-electron chi connectivity index (χ0n) is 13.7. The second-order valence-electron chi connectivity index (χ2n) is 5.29. The summed E-state index contributed by atoms with van der Waals surface area (Å²) in [6, 6.07) is 8.11. The fourth-order valence-electron chi connectivity index (χ4n) is 2.07. The highest BCUT2D eigenvalue weighted by Gasteiger charge is 2.18. The van der Waals surface area contributed by atoms with Crippen LogP contribution in [0.3, 0.4) is 0 Å². The Kier molecular flexibility index (Phi) is 6.18. The number of carbonyl (C=O) groups excluding carboxylic acids is 1. The van der Waals surface area contributed by atoms with Gasteiger partial charge in [0.15, 0.2) is 11.0 Å². The molecule has 2 aromatic rings. The van der Waals surface area contributed by atoms with Gasteiger partial charge >= 0.3 is 5.97 Å². The Balaban J connectivity index is 2.26. The number of ether oxygens (including phenoxy) is 1. The minimum absolute atomic E-state index is 0.180. The number of esters is 1. The van der Waals surface area contributed by atoms with E-state index in [9.17, 15) is 4.79 Å². The predicted octanol–water partition coefficient (Wildman–Crippen LogP) is 2.31. The van der Waals surface area contributed by atoms with E-state index in [0.717, 1.165) is 17.8 Å². The summed E-state index contributed by atoms with van der Waals surface area (Å²) in [4.78, 5) is 11.4. The van der Waals surface area contributed by atoms with E-state index in [-0.39, 0.29) is 17.8 Å². The van der Waals surface area contributed by atoms with Crippen LogP contribution < -0.4 is 5.73 Å². The Bertz CT molecular complexity index is 655. The summed E-state index contributed by atoms with van der Waals surface area (Å²) in [6.07, 6.45) is 0.772. The molecule has 0 fully saturated rings. The Morgan fingerprint density at radius 2 is 2.04 bits per heavy atom. The van der Waals surface area contributed by atoms with Crippen molar-refractivity contribution < 1.29 is 9.53 Å². The molecule has 0 aliphatic carbocycles. The molecule has 0 saturated heterocycles. The summed E-state index contributed by atoms with van der Waals surface area (Å²) in [5, 5.41) is 9.09. The maximum Gasteiger partial charge on any atom is 0.316 e. The third-order valence-electron chi connectivity index (χ3n) is 3.53. The smallest absolute Gasteiger partial charge is 0.316 e. The molecule has 1 unspecified atom stereocenters. The van der Waals surface area contributed by atoms with Gasteiger partial charge in [-0.25, -0.2) is 0 Å². The van der Waals surface area contributed by atoms with Gasteiger partial charge in [0.1, 0.15) is 0 Å². The molecule has 6 nitrogen and oxygen atoms in total. The topological polar surface area (TPSA) is 83.0 Å². The van der Waals surface area contributed by atoms with Gasteiger partial charge in [-0.05, 0) is 18.9 Å². The zero-order chi connectivity index (χ0) is 16.8. The molecular weight excluding hydrogens is 312 g/mol. The normalized spacial score (nSPS) is 12.2. The summed E-state index contributed by atoms with van der Waals surface area (Å²) < 4.78 is 6.66. The number of hydrogen-bond acceptors (Lipinski definition) is 6. The van der Waals surface area contributed by atoms with Crippen LogP contribution in [0.15, 0.2) is 29.4 Å². The molecule has 2 rings (SSSR count). The van der Waals surface area contributed by atoms with Crippen molar-refractivity contribution in [2.45, 2.75) is 38.0 Å². The number of benzene rings is 1. The molecule has 0 aliphatic rings. The molecule has 1 aromatic carbocycles. The Morgan fingerprint density at radius 1 is 1.35 bits per heavy atom. The lowest BCUT2D eigenvalue weighted by molar-refractivity contribution is -0.137. The first-order valence-corrected chi connectivity index (χ1v) is 8.47. The molecule has 1 heterocycles. The van der Waals surface area contributed by atoms with Gasteiger partial charge < -0.3 is 15.0 Å². The van der Waals surface area contributed by atoms with Crippen molar-refractivity contribution in [2.24, 2.45) is 5.73 Å². The van der Waals surface area contributed by atoms with E-state index in [4.69, 9.17) is 5.73 Å². The number of carbonyl (C=O) groups is 1. The molecule has 0 saturated carbocycles. The van der Waals surface area contributed by atoms with Crippen LogP contribution in [0.2, 0.25) is 0 Å². The number of aromatic nitrogens is 3. The van der Waals surface area contributed by atoms with Gasteiger partial charge in [0, 0.05) is 0 Å². The second kappa shape index (κ2) is 8.12. The summed E-state index contributed by atoms with van der Waals surface area (Å²) in [7, 11) is 1.37. The Morgan fingerprint density at radius 3 is 2.65 bits per heavy atom. The molecule has 1 aromatic heterocycles. The van der Waals surface area contributed by atoms with Gasteiger partial charge in [0.2, 0.25) is 0 Å². The van der Waals surface area contributed by atoms with Crippen LogP contribution in [0.4, 0.5) is 0 Å². The second-order valence-corrected chi connectivity index (χ2v) is 6.23. The summed E-state index contributed by atoms with van der Waals surface area (Å²) >= 11 is 1.31. The fourth-order valence-corrected chi connectivity index (χ4v) is 2.85. The molecule has 0 spiro atoms. The molecule has 124 valence electrons. The number of aryl methyl sites for hydroxylation is 1. The van der Waals surface area contributed by atoms with E-state index in [2.05, 4.69) is 46.1 Å². The minimum Gasteiger partial charge on any atom is -0.468 e. The first kappa shape index (κ1) is 17.5. The standard InChI is InChI=1S/C16H22N4O2S/c1-4-13(17)15-18-19-16(23-10-14(21)22-3)20(15)9-12-7-5-11(2)6-8-12/h5-8,13H,4,9-10,17H2,1-3H3. The largest absolute Gasteiger partial charge is 0.468 e. The average Bonchev–Trinajstić information content (AvgIpc) is 2.96. The van der Waals surface area contributed by atoms with Gasteiger partial charge in [-0.2, -0.15) is 0 Å². The van der Waals surface area contributed by atoms with E-state index in [1.807, 2.05) is 11.5 Å².